The molecule has 122 heavy (non-hydrogen) atoms. The van der Waals surface area contributed by atoms with E-state index in [1.807, 2.05) is 6.07 Å². The van der Waals surface area contributed by atoms with Crippen LogP contribution in [0.5, 0.6) is 23.0 Å². The van der Waals surface area contributed by atoms with Crippen LogP contribution < -0.4 is 9.47 Å². The zero-order valence-corrected chi connectivity index (χ0v) is 65.9. The summed E-state index contributed by atoms with van der Waals surface area (Å²) >= 11 is 0. The second-order valence-electron chi connectivity index (χ2n) is 32.6. The minimum atomic E-state index is -0.827. The van der Waals surface area contributed by atoms with Crippen LogP contribution in [0.2, 0.25) is 0 Å². The molecule has 7 nitrogen and oxygen atoms in total. The van der Waals surface area contributed by atoms with Crippen LogP contribution in [0.15, 0.2) is 419 Å². The van der Waals surface area contributed by atoms with E-state index in [-0.39, 0.29) is 0 Å². The average Bonchev–Trinajstić information content (AvgIpc) is 1.50. The highest BCUT2D eigenvalue weighted by atomic mass is 16.5. The first kappa shape index (κ1) is 68.0. The minimum absolute atomic E-state index is 0.667. The van der Waals surface area contributed by atoms with Crippen molar-refractivity contribution in [2.45, 2.75) is 10.8 Å². The van der Waals surface area contributed by atoms with Gasteiger partial charge in [0.25, 0.3) is 0 Å². The van der Waals surface area contributed by atoms with E-state index in [1.54, 1.807) is 0 Å². The van der Waals surface area contributed by atoms with Crippen LogP contribution in [0.3, 0.4) is 0 Å². The first-order chi connectivity index (χ1) is 60.5. The molecular formula is C115H69N5O2. The summed E-state index contributed by atoms with van der Waals surface area (Å²) in [5.41, 5.74) is 32.0. The number of rotatable bonds is 9. The molecule has 0 fully saturated rings. The number of benzene rings is 18. The van der Waals surface area contributed by atoms with E-state index in [9.17, 15) is 0 Å². The minimum Gasteiger partial charge on any atom is -0.456 e. The molecule has 566 valence electrons. The SMILES string of the molecule is c1ccc(-c2cc(-c3ccc(-n4c5ccccc5c5c6c(ccc54)C4(c5ccccc5O6)c5ccccc5-c5c(-c6ccc7c8c9c(ccc8n(-c8ccc(-c%10cc(-c%11ccccc%11)nc(-c%11ccccc%11)n%10)c%10ccccc8%10)c7c6)C6(c7ccccc7O9)c7ccccc7-c7ccccc76)cccc54)c4ccccc34)cc(-c3ccccc3)n2)cc1. The van der Waals surface area contributed by atoms with Gasteiger partial charge in [-0.2, -0.15) is 0 Å². The number of nitrogens with zero attached hydrogens (tertiary/aromatic N) is 5. The van der Waals surface area contributed by atoms with Crippen molar-refractivity contribution in [2.75, 3.05) is 0 Å². The van der Waals surface area contributed by atoms with Crippen molar-refractivity contribution in [3.63, 3.8) is 0 Å². The summed E-state index contributed by atoms with van der Waals surface area (Å²) < 4.78 is 20.3. The summed E-state index contributed by atoms with van der Waals surface area (Å²) in [5.74, 6) is 4.03. The molecule has 18 aromatic carbocycles. The van der Waals surface area contributed by atoms with E-state index in [1.165, 1.54) is 44.5 Å². The molecule has 2 aliphatic heterocycles. The van der Waals surface area contributed by atoms with Crippen LogP contribution in [-0.4, -0.2) is 24.1 Å². The van der Waals surface area contributed by atoms with Crippen LogP contribution in [-0.2, 0) is 10.8 Å². The van der Waals surface area contributed by atoms with Gasteiger partial charge in [-0.25, -0.2) is 15.0 Å². The molecule has 2 aliphatic carbocycles. The predicted octanol–water partition coefficient (Wildman–Crippen LogP) is 29.0. The highest BCUT2D eigenvalue weighted by Gasteiger charge is 2.54. The Morgan fingerprint density at radius 2 is 0.615 bits per heavy atom. The van der Waals surface area contributed by atoms with Gasteiger partial charge in [0, 0.05) is 71.6 Å². The fraction of sp³-hybridized carbons (Fsp3) is 0.0174. The smallest absolute Gasteiger partial charge is 0.160 e. The zero-order chi connectivity index (χ0) is 79.9. The van der Waals surface area contributed by atoms with Crippen molar-refractivity contribution in [1.29, 1.82) is 0 Å². The predicted molar refractivity (Wildman–Crippen MR) is 496 cm³/mol. The van der Waals surface area contributed by atoms with Crippen LogP contribution in [0.25, 0.3) is 177 Å². The molecule has 0 bridgehead atoms. The monoisotopic (exact) mass is 1550 g/mol. The van der Waals surface area contributed by atoms with Gasteiger partial charge in [-0.3, -0.25) is 0 Å². The lowest BCUT2D eigenvalue weighted by Gasteiger charge is -2.39. The topological polar surface area (TPSA) is 67.0 Å². The molecule has 0 saturated carbocycles. The Morgan fingerprint density at radius 3 is 1.19 bits per heavy atom. The summed E-state index contributed by atoms with van der Waals surface area (Å²) in [5, 5.41) is 8.69. The van der Waals surface area contributed by atoms with Crippen molar-refractivity contribution < 1.29 is 9.47 Å². The highest BCUT2D eigenvalue weighted by molar-refractivity contribution is 6.18. The second kappa shape index (κ2) is 26.2. The van der Waals surface area contributed by atoms with Gasteiger partial charge in [0.1, 0.15) is 23.0 Å². The molecule has 7 heteroatoms. The fourth-order valence-corrected chi connectivity index (χ4v) is 21.5. The Kier molecular flexibility index (Phi) is 14.6. The van der Waals surface area contributed by atoms with Crippen LogP contribution in [0, 0.1) is 0 Å². The van der Waals surface area contributed by atoms with Gasteiger partial charge in [-0.15, -0.1) is 0 Å². The molecular weight excluding hydrogens is 1480 g/mol. The van der Waals surface area contributed by atoms with Crippen LogP contribution >= 0.6 is 0 Å². The van der Waals surface area contributed by atoms with Gasteiger partial charge >= 0.3 is 0 Å². The van der Waals surface area contributed by atoms with Crippen molar-refractivity contribution in [2.24, 2.45) is 0 Å². The van der Waals surface area contributed by atoms with Gasteiger partial charge in [-0.05, 0) is 144 Å². The molecule has 2 spiro atoms. The molecule has 0 amide bonds. The number of hydrogen-bond acceptors (Lipinski definition) is 5. The zero-order valence-electron chi connectivity index (χ0n) is 65.9. The maximum Gasteiger partial charge on any atom is 0.160 e. The maximum absolute atomic E-state index is 7.67. The normalized spacial score (nSPS) is 14.1. The molecule has 1 atom stereocenters. The second-order valence-corrected chi connectivity index (χ2v) is 32.6. The maximum atomic E-state index is 7.67. The van der Waals surface area contributed by atoms with Crippen LogP contribution in [0.4, 0.5) is 0 Å². The Morgan fingerprint density at radius 1 is 0.205 bits per heavy atom. The van der Waals surface area contributed by atoms with E-state index < -0.39 is 10.8 Å². The van der Waals surface area contributed by atoms with Crippen molar-refractivity contribution in [3.8, 4) is 135 Å². The largest absolute Gasteiger partial charge is 0.456 e. The van der Waals surface area contributed by atoms with E-state index in [2.05, 4.69) is 422 Å². The van der Waals surface area contributed by atoms with Gasteiger partial charge in [0.05, 0.1) is 77.8 Å². The average molecular weight is 1550 g/mol. The van der Waals surface area contributed by atoms with E-state index in [0.29, 0.717) is 5.82 Å². The quantitative estimate of drug-likeness (QED) is 0.144. The van der Waals surface area contributed by atoms with Gasteiger partial charge < -0.3 is 18.6 Å². The third kappa shape index (κ3) is 9.58. The van der Waals surface area contributed by atoms with Gasteiger partial charge in [-0.1, -0.05) is 352 Å². The summed E-state index contributed by atoms with van der Waals surface area (Å²) in [7, 11) is 0. The molecule has 0 saturated heterocycles. The number of aromatic nitrogens is 5. The Labute approximate surface area is 703 Å². The first-order valence-electron chi connectivity index (χ1n) is 41.9. The van der Waals surface area contributed by atoms with E-state index in [0.717, 1.165) is 195 Å². The standard InChI is InChI=1S/C115H69N5O2/c1-5-30-70(31-6-1)96-66-75(67-97(116-96)71-32-7-2-8-33-71)76-58-62-101(83-42-15-13-38-78(76)83)119-100-53-26-20-45-86(100)109-103(119)64-61-95-112(109)122-107-55-28-25-51-92(107)115(95)90-49-23-19-44-85(90)108-77(46-29-52-93(108)115)74-56-57-87-105(68-74)120(102-63-59-82(79-39-14-16-43-84(79)102)99-69-98(72-34-9-3-10-35-72)117-113(118-99)73-36-11-4-12-37-73)104-65-60-94-111(110(87)104)121-106-54-27-24-50-91(106)114(94)88-47-21-17-40-80(88)81-41-18-22-48-89(81)114/h1-69H. The van der Waals surface area contributed by atoms with Gasteiger partial charge in [0.2, 0.25) is 0 Å². The summed E-state index contributed by atoms with van der Waals surface area (Å²) in [4.78, 5) is 16.0. The van der Waals surface area contributed by atoms with Crippen molar-refractivity contribution >= 4 is 65.2 Å². The Balaban J connectivity index is 0.690. The fourth-order valence-electron chi connectivity index (χ4n) is 21.5. The lowest BCUT2D eigenvalue weighted by molar-refractivity contribution is 0.442. The summed E-state index contributed by atoms with van der Waals surface area (Å²) in [6.45, 7) is 0. The first-order valence-corrected chi connectivity index (χ1v) is 41.9. The number of ether oxygens (including phenoxy) is 2. The van der Waals surface area contributed by atoms with Crippen LogP contribution in [0.1, 0.15) is 44.5 Å². The molecule has 22 aromatic rings. The molecule has 1 unspecified atom stereocenters. The summed E-state index contributed by atoms with van der Waals surface area (Å²) in [6.07, 6.45) is 0. The van der Waals surface area contributed by atoms with E-state index >= 15 is 0 Å². The highest BCUT2D eigenvalue weighted by Crippen LogP contribution is 2.67. The third-order valence-corrected chi connectivity index (χ3v) is 26.5. The molecule has 6 heterocycles. The molecule has 0 N–H and O–H groups in total. The third-order valence-electron chi connectivity index (χ3n) is 26.5. The molecule has 4 aliphatic rings. The van der Waals surface area contributed by atoms with Gasteiger partial charge in [0.15, 0.2) is 5.82 Å². The number of para-hydroxylation sites is 3. The lowest BCUT2D eigenvalue weighted by atomic mass is 9.65. The lowest BCUT2D eigenvalue weighted by Crippen LogP contribution is -2.32. The van der Waals surface area contributed by atoms with Crippen molar-refractivity contribution in [3.05, 3.63) is 463 Å². The van der Waals surface area contributed by atoms with E-state index in [4.69, 9.17) is 24.4 Å². The summed E-state index contributed by atoms with van der Waals surface area (Å²) in [6, 6.07) is 153. The molecule has 4 aromatic heterocycles. The number of hydrogen-bond donors (Lipinski definition) is 0. The number of pyridine rings is 1. The van der Waals surface area contributed by atoms with Crippen molar-refractivity contribution in [1.82, 2.24) is 24.1 Å². The molecule has 0 radical (unpaired) electrons. The number of fused-ring (bicyclic) bond motifs is 28. The Hall–Kier alpha value is -16.1. The Bertz CT molecular complexity index is 8050. The molecule has 26 rings (SSSR count).